The van der Waals surface area contributed by atoms with Gasteiger partial charge in [-0.3, -0.25) is 4.79 Å². The first-order valence-electron chi connectivity index (χ1n) is 12.4. The summed E-state index contributed by atoms with van der Waals surface area (Å²) in [6.45, 7) is 2.55. The fourth-order valence-electron chi connectivity index (χ4n) is 5.36. The number of rotatable bonds is 6. The van der Waals surface area contributed by atoms with Gasteiger partial charge in [0.1, 0.15) is 21.5 Å². The van der Waals surface area contributed by atoms with Crippen molar-refractivity contribution in [3.63, 3.8) is 0 Å². The van der Waals surface area contributed by atoms with E-state index in [0.29, 0.717) is 29.9 Å². The fourth-order valence-corrected chi connectivity index (χ4v) is 7.08. The third kappa shape index (κ3) is 4.91. The van der Waals surface area contributed by atoms with Crippen molar-refractivity contribution in [1.29, 1.82) is 4.78 Å². The van der Waals surface area contributed by atoms with Crippen molar-refractivity contribution in [3.05, 3.63) is 65.9 Å². The molecule has 2 fully saturated rings. The van der Waals surface area contributed by atoms with Gasteiger partial charge >= 0.3 is 0 Å². The van der Waals surface area contributed by atoms with E-state index >= 15 is 0 Å². The first-order valence-corrected chi connectivity index (χ1v) is 13.9. The highest BCUT2D eigenvalue weighted by Crippen LogP contribution is 2.37. The van der Waals surface area contributed by atoms with Crippen molar-refractivity contribution in [2.45, 2.75) is 74.9 Å². The highest BCUT2D eigenvalue weighted by Gasteiger charge is 2.43. The van der Waals surface area contributed by atoms with Gasteiger partial charge in [-0.05, 0) is 62.4 Å². The zero-order valence-electron chi connectivity index (χ0n) is 20.3. The van der Waals surface area contributed by atoms with Gasteiger partial charge in [0, 0.05) is 37.4 Å². The summed E-state index contributed by atoms with van der Waals surface area (Å²) in [4.78, 5) is 16.1. The van der Waals surface area contributed by atoms with Gasteiger partial charge < -0.3 is 9.32 Å². The molecule has 1 saturated heterocycles. The number of hydrogen-bond acceptors (Lipinski definition) is 4. The number of benzene rings is 2. The van der Waals surface area contributed by atoms with Crippen LogP contribution in [0.15, 0.2) is 64.1 Å². The summed E-state index contributed by atoms with van der Waals surface area (Å²) in [5.74, 6) is -2.95. The maximum Gasteiger partial charge on any atom is 0.248 e. The van der Waals surface area contributed by atoms with E-state index in [1.807, 2.05) is 43.3 Å². The standard InChI is InChI=1S/C27H31F2N3O3S/c1-19-4-8-23(9-5-19)36(30,34)32-15-2-3-24(32)26(33)31(22-10-13-27(28,29)14-11-22)18-20-6-7-21-12-16-35-25(21)17-20/h4-9,12,16-17,22,24,30H,2-3,10-11,13-15,18H2,1H3/t24-,36+/m0/s1. The van der Waals surface area contributed by atoms with E-state index in [1.54, 1.807) is 23.3 Å². The average molecular weight is 516 g/mol. The summed E-state index contributed by atoms with van der Waals surface area (Å²) in [5, 5.41) is 0.947. The Morgan fingerprint density at radius 1 is 1.14 bits per heavy atom. The maximum absolute atomic E-state index is 14.0. The normalized spacial score (nSPS) is 22.5. The van der Waals surface area contributed by atoms with Gasteiger partial charge in [-0.1, -0.05) is 29.8 Å². The van der Waals surface area contributed by atoms with Crippen LogP contribution in [0.5, 0.6) is 0 Å². The number of nitrogens with zero attached hydrogens (tertiary/aromatic N) is 2. The molecule has 1 aromatic heterocycles. The van der Waals surface area contributed by atoms with Crippen LogP contribution in [0.25, 0.3) is 11.0 Å². The lowest BCUT2D eigenvalue weighted by molar-refractivity contribution is -0.141. The number of hydrogen-bond donors (Lipinski definition) is 1. The molecular formula is C27H31F2N3O3S. The molecule has 0 bridgehead atoms. The van der Waals surface area contributed by atoms with E-state index < -0.39 is 21.9 Å². The number of carbonyl (C=O) groups is 1. The molecule has 0 spiro atoms. The van der Waals surface area contributed by atoms with E-state index in [-0.39, 0.29) is 44.2 Å². The summed E-state index contributed by atoms with van der Waals surface area (Å²) < 4.78 is 57.4. The van der Waals surface area contributed by atoms with Crippen LogP contribution in [0.3, 0.4) is 0 Å². The Kier molecular flexibility index (Phi) is 6.63. The van der Waals surface area contributed by atoms with Gasteiger partial charge in [0.25, 0.3) is 0 Å². The van der Waals surface area contributed by atoms with Crippen molar-refractivity contribution < 1.29 is 22.2 Å². The number of halogens is 2. The molecule has 2 heterocycles. The van der Waals surface area contributed by atoms with E-state index in [0.717, 1.165) is 16.5 Å². The van der Waals surface area contributed by atoms with E-state index in [1.165, 1.54) is 4.31 Å². The van der Waals surface area contributed by atoms with Crippen LogP contribution >= 0.6 is 0 Å². The fraction of sp³-hybridized carbons (Fsp3) is 0.444. The molecule has 1 amide bonds. The molecule has 0 radical (unpaired) electrons. The molecule has 36 heavy (non-hydrogen) atoms. The van der Waals surface area contributed by atoms with Crippen LogP contribution < -0.4 is 0 Å². The summed E-state index contributed by atoms with van der Waals surface area (Å²) in [6, 6.07) is 13.5. The van der Waals surface area contributed by atoms with Crippen molar-refractivity contribution in [2.75, 3.05) is 6.54 Å². The smallest absolute Gasteiger partial charge is 0.248 e. The molecule has 1 N–H and O–H groups in total. The first-order chi connectivity index (χ1) is 17.1. The Morgan fingerprint density at radius 3 is 2.58 bits per heavy atom. The molecule has 2 atom stereocenters. The maximum atomic E-state index is 14.0. The van der Waals surface area contributed by atoms with Gasteiger partial charge in [-0.25, -0.2) is 22.1 Å². The Morgan fingerprint density at radius 2 is 1.86 bits per heavy atom. The van der Waals surface area contributed by atoms with Gasteiger partial charge in [0.2, 0.25) is 11.8 Å². The largest absolute Gasteiger partial charge is 0.464 e. The van der Waals surface area contributed by atoms with Crippen LogP contribution in [0.1, 0.15) is 49.7 Å². The second-order valence-electron chi connectivity index (χ2n) is 9.98. The quantitative estimate of drug-likeness (QED) is 0.429. The van der Waals surface area contributed by atoms with Crippen molar-refractivity contribution in [3.8, 4) is 0 Å². The number of aryl methyl sites for hydroxylation is 1. The Bertz CT molecular complexity index is 1340. The number of nitrogens with one attached hydrogen (secondary N) is 1. The molecule has 3 aromatic rings. The van der Waals surface area contributed by atoms with Crippen molar-refractivity contribution >= 4 is 26.8 Å². The topological polar surface area (TPSA) is 77.6 Å². The molecule has 192 valence electrons. The number of amides is 1. The number of furan rings is 1. The first kappa shape index (κ1) is 24.9. The second-order valence-corrected chi connectivity index (χ2v) is 12.0. The highest BCUT2D eigenvalue weighted by atomic mass is 32.2. The Labute approximate surface area is 210 Å². The zero-order chi connectivity index (χ0) is 25.5. The van der Waals surface area contributed by atoms with E-state index in [2.05, 4.69) is 0 Å². The lowest BCUT2D eigenvalue weighted by atomic mass is 9.90. The second kappa shape index (κ2) is 9.59. The van der Waals surface area contributed by atoms with Gasteiger partial charge in [-0.2, -0.15) is 0 Å². The van der Waals surface area contributed by atoms with Crippen LogP contribution in [0, 0.1) is 11.7 Å². The monoisotopic (exact) mass is 515 g/mol. The third-order valence-corrected chi connectivity index (χ3v) is 9.45. The minimum Gasteiger partial charge on any atom is -0.464 e. The van der Waals surface area contributed by atoms with Gasteiger partial charge in [0.05, 0.1) is 11.2 Å². The SMILES string of the molecule is Cc1ccc([S@](=N)(=O)N2CCC[C@H]2C(=O)N(Cc2ccc3ccoc3c2)C2CCC(F)(F)CC2)cc1. The van der Waals surface area contributed by atoms with E-state index in [9.17, 15) is 17.8 Å². The van der Waals surface area contributed by atoms with Crippen molar-refractivity contribution in [1.82, 2.24) is 9.21 Å². The van der Waals surface area contributed by atoms with Crippen LogP contribution in [0.2, 0.25) is 0 Å². The molecule has 6 nitrogen and oxygen atoms in total. The molecule has 1 aliphatic heterocycles. The lowest BCUT2D eigenvalue weighted by Crippen LogP contribution is -2.51. The molecule has 2 aliphatic rings. The highest BCUT2D eigenvalue weighted by molar-refractivity contribution is 7.90. The number of alkyl halides is 2. The molecule has 2 aromatic carbocycles. The molecule has 9 heteroatoms. The summed E-state index contributed by atoms with van der Waals surface area (Å²) in [5.41, 5.74) is 2.54. The number of carbonyl (C=O) groups excluding carboxylic acids is 1. The average Bonchev–Trinajstić information content (AvgIpc) is 3.52. The van der Waals surface area contributed by atoms with Gasteiger partial charge in [0.15, 0.2) is 0 Å². The van der Waals surface area contributed by atoms with Gasteiger partial charge in [-0.15, -0.1) is 0 Å². The Balaban J connectivity index is 1.44. The Hall–Kier alpha value is -2.78. The summed E-state index contributed by atoms with van der Waals surface area (Å²) in [6.07, 6.45) is 2.64. The van der Waals surface area contributed by atoms with Crippen LogP contribution in [-0.2, 0) is 21.3 Å². The molecule has 1 aliphatic carbocycles. The number of fused-ring (bicyclic) bond motifs is 1. The van der Waals surface area contributed by atoms with Crippen LogP contribution in [-0.4, -0.2) is 43.9 Å². The predicted molar refractivity (Wildman–Crippen MR) is 134 cm³/mol. The van der Waals surface area contributed by atoms with Crippen molar-refractivity contribution in [2.24, 2.45) is 0 Å². The third-order valence-electron chi connectivity index (χ3n) is 7.44. The minimum atomic E-state index is -3.38. The zero-order valence-corrected chi connectivity index (χ0v) is 21.1. The molecule has 1 saturated carbocycles. The molecule has 5 rings (SSSR count). The van der Waals surface area contributed by atoms with Crippen LogP contribution in [0.4, 0.5) is 8.78 Å². The lowest BCUT2D eigenvalue weighted by Gasteiger charge is -2.39. The molecular weight excluding hydrogens is 484 g/mol. The summed E-state index contributed by atoms with van der Waals surface area (Å²) >= 11 is 0. The minimum absolute atomic E-state index is 0.211. The molecule has 0 unspecified atom stereocenters. The predicted octanol–water partition coefficient (Wildman–Crippen LogP) is 6.13. The summed E-state index contributed by atoms with van der Waals surface area (Å²) in [7, 11) is -3.38. The van der Waals surface area contributed by atoms with E-state index in [4.69, 9.17) is 9.20 Å².